The van der Waals surface area contributed by atoms with Crippen LogP contribution in [-0.4, -0.2) is 40.4 Å². The number of carbonyl (C=O) groups is 1. The maximum absolute atomic E-state index is 10.7. The number of aliphatic carboxylic acids is 1. The van der Waals surface area contributed by atoms with Crippen LogP contribution in [0.25, 0.3) is 0 Å². The fraction of sp³-hybridized carbons (Fsp3) is 0.500. The lowest BCUT2D eigenvalue weighted by Crippen LogP contribution is -2.34. The molecule has 1 atom stereocenters. The van der Waals surface area contributed by atoms with Crippen molar-refractivity contribution >= 4 is 11.9 Å². The minimum Gasteiger partial charge on any atom is -0.480 e. The molecule has 0 spiro atoms. The van der Waals surface area contributed by atoms with Gasteiger partial charge in [0, 0.05) is 26.6 Å². The van der Waals surface area contributed by atoms with Gasteiger partial charge in [0.15, 0.2) is 6.04 Å². The Balaban J connectivity index is 2.64. The van der Waals surface area contributed by atoms with Gasteiger partial charge >= 0.3 is 5.97 Å². The third-order valence-corrected chi connectivity index (χ3v) is 1.76. The van der Waals surface area contributed by atoms with Crippen LogP contribution in [0.4, 0.5) is 5.95 Å². The highest BCUT2D eigenvalue weighted by Gasteiger charge is 2.18. The van der Waals surface area contributed by atoms with Crippen molar-refractivity contribution in [3.63, 3.8) is 0 Å². The molecule has 2 N–H and O–H groups in total. The highest BCUT2D eigenvalue weighted by Crippen LogP contribution is 2.03. The van der Waals surface area contributed by atoms with E-state index in [1.54, 1.807) is 24.0 Å². The van der Waals surface area contributed by atoms with Gasteiger partial charge in [0.05, 0.1) is 6.61 Å². The maximum Gasteiger partial charge on any atom is 0.328 e. The number of carboxylic acid groups (broad SMARTS) is 1. The number of rotatable bonds is 5. The number of hydrogen-bond acceptors (Lipinski definition) is 4. The Morgan fingerprint density at radius 2 is 2.57 bits per heavy atom. The highest BCUT2D eigenvalue weighted by atomic mass is 16.5. The second-order valence-corrected chi connectivity index (χ2v) is 2.85. The van der Waals surface area contributed by atoms with E-state index in [2.05, 4.69) is 10.3 Å². The molecule has 0 saturated carbocycles. The van der Waals surface area contributed by atoms with Gasteiger partial charge in [-0.3, -0.25) is 0 Å². The molecule has 0 aliphatic rings. The van der Waals surface area contributed by atoms with Gasteiger partial charge in [-0.1, -0.05) is 0 Å². The molecule has 0 aliphatic heterocycles. The van der Waals surface area contributed by atoms with Crippen molar-refractivity contribution in [1.29, 1.82) is 0 Å². The molecule has 0 amide bonds. The van der Waals surface area contributed by atoms with Crippen LogP contribution in [0, 0.1) is 0 Å². The van der Waals surface area contributed by atoms with E-state index in [4.69, 9.17) is 9.84 Å². The third kappa shape index (κ3) is 2.46. The topological polar surface area (TPSA) is 76.4 Å². The first-order chi connectivity index (χ1) is 6.65. The molecule has 0 bridgehead atoms. The van der Waals surface area contributed by atoms with Gasteiger partial charge in [0.2, 0.25) is 5.95 Å². The summed E-state index contributed by atoms with van der Waals surface area (Å²) in [7, 11) is 3.23. The van der Waals surface area contributed by atoms with Gasteiger partial charge in [0.1, 0.15) is 0 Å². The van der Waals surface area contributed by atoms with Crippen molar-refractivity contribution in [3.05, 3.63) is 12.4 Å². The fourth-order valence-electron chi connectivity index (χ4n) is 1.00. The van der Waals surface area contributed by atoms with Crippen LogP contribution in [0.3, 0.4) is 0 Å². The first-order valence-electron chi connectivity index (χ1n) is 4.10. The monoisotopic (exact) mass is 199 g/mol. The summed E-state index contributed by atoms with van der Waals surface area (Å²) in [6.45, 7) is 0.0994. The van der Waals surface area contributed by atoms with Crippen molar-refractivity contribution in [2.24, 2.45) is 7.05 Å². The summed E-state index contributed by atoms with van der Waals surface area (Å²) >= 11 is 0. The van der Waals surface area contributed by atoms with E-state index in [1.165, 1.54) is 7.11 Å². The van der Waals surface area contributed by atoms with Crippen LogP contribution in [0.5, 0.6) is 0 Å². The number of methoxy groups -OCH3 is 1. The molecule has 0 aliphatic carbocycles. The van der Waals surface area contributed by atoms with Gasteiger partial charge < -0.3 is 19.7 Å². The molecule has 14 heavy (non-hydrogen) atoms. The first-order valence-corrected chi connectivity index (χ1v) is 4.10. The maximum atomic E-state index is 10.7. The summed E-state index contributed by atoms with van der Waals surface area (Å²) in [6.07, 6.45) is 3.32. The molecule has 6 heteroatoms. The van der Waals surface area contributed by atoms with Crippen LogP contribution in [0.15, 0.2) is 12.4 Å². The Labute approximate surface area is 81.5 Å². The van der Waals surface area contributed by atoms with E-state index in [0.717, 1.165) is 0 Å². The Bertz CT molecular complexity index is 311. The molecular formula is C8H13N3O3. The zero-order valence-electron chi connectivity index (χ0n) is 8.10. The van der Waals surface area contributed by atoms with Crippen LogP contribution >= 0.6 is 0 Å². The Kier molecular flexibility index (Phi) is 3.47. The van der Waals surface area contributed by atoms with Gasteiger partial charge in [-0.2, -0.15) is 0 Å². The van der Waals surface area contributed by atoms with E-state index in [0.29, 0.717) is 5.95 Å². The highest BCUT2D eigenvalue weighted by molar-refractivity contribution is 5.76. The van der Waals surface area contributed by atoms with Gasteiger partial charge in [0.25, 0.3) is 0 Å². The number of aromatic nitrogens is 2. The quantitative estimate of drug-likeness (QED) is 0.694. The molecule has 0 saturated heterocycles. The predicted octanol–water partition coefficient (Wildman–Crippen LogP) is -0.0684. The normalized spacial score (nSPS) is 12.4. The van der Waals surface area contributed by atoms with Crippen molar-refractivity contribution in [1.82, 2.24) is 9.55 Å². The summed E-state index contributed by atoms with van der Waals surface area (Å²) in [5.74, 6) is -0.454. The minimum absolute atomic E-state index is 0.0994. The number of aryl methyl sites for hydroxylation is 1. The fourth-order valence-corrected chi connectivity index (χ4v) is 1.00. The number of hydrogen-bond donors (Lipinski definition) is 2. The molecule has 0 radical (unpaired) electrons. The third-order valence-electron chi connectivity index (χ3n) is 1.76. The zero-order valence-corrected chi connectivity index (χ0v) is 8.10. The smallest absolute Gasteiger partial charge is 0.328 e. The summed E-state index contributed by atoms with van der Waals surface area (Å²) in [5, 5.41) is 11.6. The van der Waals surface area contributed by atoms with Gasteiger partial charge in [-0.25, -0.2) is 9.78 Å². The Morgan fingerprint density at radius 3 is 3.00 bits per heavy atom. The summed E-state index contributed by atoms with van der Waals surface area (Å²) in [5.41, 5.74) is 0. The van der Waals surface area contributed by atoms with E-state index >= 15 is 0 Å². The molecule has 78 valence electrons. The molecule has 6 nitrogen and oxygen atoms in total. The number of nitrogens with zero attached hydrogens (tertiary/aromatic N) is 2. The van der Waals surface area contributed by atoms with Crippen molar-refractivity contribution in [3.8, 4) is 0 Å². The molecule has 1 heterocycles. The van der Waals surface area contributed by atoms with Crippen LogP contribution < -0.4 is 5.32 Å². The summed E-state index contributed by atoms with van der Waals surface area (Å²) in [4.78, 5) is 14.7. The molecule has 0 aromatic carbocycles. The second kappa shape index (κ2) is 4.61. The lowest BCUT2D eigenvalue weighted by Gasteiger charge is -2.13. The Morgan fingerprint density at radius 1 is 1.86 bits per heavy atom. The van der Waals surface area contributed by atoms with Crippen molar-refractivity contribution in [2.45, 2.75) is 6.04 Å². The number of imidazole rings is 1. The second-order valence-electron chi connectivity index (χ2n) is 2.85. The molecule has 0 fully saturated rings. The average molecular weight is 199 g/mol. The Hall–Kier alpha value is -1.56. The van der Waals surface area contributed by atoms with Crippen LogP contribution in [0.1, 0.15) is 0 Å². The number of nitrogens with one attached hydrogen (secondary N) is 1. The van der Waals surface area contributed by atoms with E-state index in [-0.39, 0.29) is 6.61 Å². The largest absolute Gasteiger partial charge is 0.480 e. The molecule has 1 aromatic rings. The molecule has 1 aromatic heterocycles. The number of anilines is 1. The van der Waals surface area contributed by atoms with Crippen molar-refractivity contribution in [2.75, 3.05) is 19.0 Å². The standard InChI is InChI=1S/C8H13N3O3/c1-11-4-3-9-8(11)10-6(5-14-2)7(12)13/h3-4,6H,5H2,1-2H3,(H,9,10)(H,12,13). The van der Waals surface area contributed by atoms with Gasteiger partial charge in [-0.05, 0) is 0 Å². The summed E-state index contributed by atoms with van der Waals surface area (Å²) < 4.78 is 6.47. The lowest BCUT2D eigenvalue weighted by atomic mass is 10.3. The first kappa shape index (κ1) is 10.5. The predicted molar refractivity (Wildman–Crippen MR) is 50.1 cm³/mol. The van der Waals surface area contributed by atoms with E-state index in [1.807, 2.05) is 0 Å². The zero-order chi connectivity index (χ0) is 10.6. The number of ether oxygens (including phenoxy) is 1. The lowest BCUT2D eigenvalue weighted by molar-refractivity contribution is -0.139. The molecule has 1 rings (SSSR count). The average Bonchev–Trinajstić information content (AvgIpc) is 2.51. The van der Waals surface area contributed by atoms with Gasteiger partial charge in [-0.15, -0.1) is 0 Å². The molecular weight excluding hydrogens is 186 g/mol. The minimum atomic E-state index is -0.963. The van der Waals surface area contributed by atoms with Crippen molar-refractivity contribution < 1.29 is 14.6 Å². The summed E-state index contributed by atoms with van der Waals surface area (Å²) in [6, 6.07) is -0.777. The van der Waals surface area contributed by atoms with Crippen LogP contribution in [-0.2, 0) is 16.6 Å². The SMILES string of the molecule is COCC(Nc1nccn1C)C(=O)O. The van der Waals surface area contributed by atoms with Crippen LogP contribution in [0.2, 0.25) is 0 Å². The number of carboxylic acids is 1. The molecule has 1 unspecified atom stereocenters. The van der Waals surface area contributed by atoms with E-state index < -0.39 is 12.0 Å². The van der Waals surface area contributed by atoms with E-state index in [9.17, 15) is 4.79 Å².